The lowest BCUT2D eigenvalue weighted by Crippen LogP contribution is -2.13. The van der Waals surface area contributed by atoms with Gasteiger partial charge in [0.2, 0.25) is 0 Å². The lowest BCUT2D eigenvalue weighted by molar-refractivity contribution is -0.137. The van der Waals surface area contributed by atoms with Crippen molar-refractivity contribution >= 4 is 29.3 Å². The Morgan fingerprint density at radius 1 is 1.07 bits per heavy atom. The van der Waals surface area contributed by atoms with Gasteiger partial charge in [0.05, 0.1) is 25.5 Å². The fourth-order valence-corrected chi connectivity index (χ4v) is 3.35. The molecule has 0 aliphatic carbocycles. The number of carbonyl (C=O) groups excluding carboxylic acids is 2. The second kappa shape index (κ2) is 9.24. The van der Waals surface area contributed by atoms with Gasteiger partial charge in [-0.2, -0.15) is 0 Å². The number of methoxy groups -OCH3 is 2. The van der Waals surface area contributed by atoms with Crippen LogP contribution in [0.1, 0.15) is 10.4 Å². The number of esters is 1. The number of carbonyl (C=O) groups is 2. The van der Waals surface area contributed by atoms with Gasteiger partial charge in [-0.1, -0.05) is 23.9 Å². The van der Waals surface area contributed by atoms with Crippen LogP contribution in [-0.2, 0) is 16.6 Å². The van der Waals surface area contributed by atoms with Crippen molar-refractivity contribution in [3.63, 3.8) is 0 Å². The first kappa shape index (κ1) is 20.4. The minimum Gasteiger partial charge on any atom is -0.496 e. The first-order valence-electron chi connectivity index (χ1n) is 8.67. The van der Waals surface area contributed by atoms with E-state index in [9.17, 15) is 9.59 Å². The summed E-state index contributed by atoms with van der Waals surface area (Å²) in [5, 5.41) is 11.8. The zero-order chi connectivity index (χ0) is 20.8. The minimum absolute atomic E-state index is 0.163. The maximum absolute atomic E-state index is 12.5. The van der Waals surface area contributed by atoms with E-state index >= 15 is 0 Å². The quantitative estimate of drug-likeness (QED) is 0.471. The van der Waals surface area contributed by atoms with Crippen molar-refractivity contribution in [1.29, 1.82) is 0 Å². The van der Waals surface area contributed by atoms with Crippen LogP contribution in [0.15, 0.2) is 53.7 Å². The summed E-state index contributed by atoms with van der Waals surface area (Å²) in [4.78, 5) is 23.8. The standard InChI is InChI=1S/C20H20N4O4S/c1-24-18(22-23-20(24)29-12-17(25)28-3)13-8-10-14(11-9-13)21-19(26)15-6-4-5-7-16(15)27-2/h4-11H,12H2,1-3H3,(H,21,26). The number of hydrogen-bond acceptors (Lipinski definition) is 7. The molecule has 150 valence electrons. The largest absolute Gasteiger partial charge is 0.496 e. The van der Waals surface area contributed by atoms with E-state index < -0.39 is 0 Å². The Bertz CT molecular complexity index is 1020. The highest BCUT2D eigenvalue weighted by atomic mass is 32.2. The number of hydrogen-bond donors (Lipinski definition) is 1. The average Bonchev–Trinajstić information content (AvgIpc) is 3.12. The number of benzene rings is 2. The number of thioether (sulfide) groups is 1. The summed E-state index contributed by atoms with van der Waals surface area (Å²) in [5.41, 5.74) is 1.94. The number of nitrogens with zero attached hydrogens (tertiary/aromatic N) is 3. The highest BCUT2D eigenvalue weighted by molar-refractivity contribution is 7.99. The van der Waals surface area contributed by atoms with Gasteiger partial charge in [0.15, 0.2) is 11.0 Å². The molecule has 0 aliphatic rings. The summed E-state index contributed by atoms with van der Waals surface area (Å²) in [6.45, 7) is 0. The number of anilines is 1. The van der Waals surface area contributed by atoms with Crippen molar-refractivity contribution in [2.75, 3.05) is 25.3 Å². The van der Waals surface area contributed by atoms with Gasteiger partial charge in [-0.15, -0.1) is 10.2 Å². The Morgan fingerprint density at radius 2 is 1.79 bits per heavy atom. The van der Waals surface area contributed by atoms with Gasteiger partial charge in [0.1, 0.15) is 5.75 Å². The third kappa shape index (κ3) is 4.75. The van der Waals surface area contributed by atoms with E-state index in [0.717, 1.165) is 5.56 Å². The van der Waals surface area contributed by atoms with E-state index in [0.29, 0.717) is 28.0 Å². The van der Waals surface area contributed by atoms with E-state index in [2.05, 4.69) is 20.3 Å². The van der Waals surface area contributed by atoms with Gasteiger partial charge < -0.3 is 19.4 Å². The SMILES string of the molecule is COC(=O)CSc1nnc(-c2ccc(NC(=O)c3ccccc3OC)cc2)n1C. The van der Waals surface area contributed by atoms with Crippen molar-refractivity contribution in [2.24, 2.45) is 7.05 Å². The third-order valence-electron chi connectivity index (χ3n) is 4.13. The van der Waals surface area contributed by atoms with Crippen LogP contribution in [0, 0.1) is 0 Å². The maximum atomic E-state index is 12.5. The molecule has 0 fully saturated rings. The molecule has 29 heavy (non-hydrogen) atoms. The Morgan fingerprint density at radius 3 is 2.48 bits per heavy atom. The maximum Gasteiger partial charge on any atom is 0.316 e. The molecule has 0 unspecified atom stereocenters. The molecule has 0 saturated carbocycles. The molecule has 0 saturated heterocycles. The first-order valence-corrected chi connectivity index (χ1v) is 9.66. The van der Waals surface area contributed by atoms with Gasteiger partial charge in [-0.05, 0) is 36.4 Å². The Kier molecular flexibility index (Phi) is 6.50. The number of aromatic nitrogens is 3. The lowest BCUT2D eigenvalue weighted by Gasteiger charge is -2.09. The van der Waals surface area contributed by atoms with Crippen molar-refractivity contribution in [2.45, 2.75) is 5.16 Å². The van der Waals surface area contributed by atoms with Crippen molar-refractivity contribution in [3.05, 3.63) is 54.1 Å². The second-order valence-corrected chi connectivity index (χ2v) is 6.90. The van der Waals surface area contributed by atoms with Crippen LogP contribution in [0.2, 0.25) is 0 Å². The van der Waals surface area contributed by atoms with Crippen LogP contribution in [0.25, 0.3) is 11.4 Å². The predicted molar refractivity (Wildman–Crippen MR) is 110 cm³/mol. The molecule has 9 heteroatoms. The summed E-state index contributed by atoms with van der Waals surface area (Å²) in [6, 6.07) is 14.3. The van der Waals surface area contributed by atoms with Crippen LogP contribution < -0.4 is 10.1 Å². The number of ether oxygens (including phenoxy) is 2. The Hall–Kier alpha value is -3.33. The normalized spacial score (nSPS) is 10.4. The van der Waals surface area contributed by atoms with Gasteiger partial charge in [0, 0.05) is 18.3 Å². The molecule has 0 atom stereocenters. The molecule has 1 heterocycles. The molecular formula is C20H20N4O4S. The molecule has 2 aromatic carbocycles. The molecular weight excluding hydrogens is 392 g/mol. The first-order chi connectivity index (χ1) is 14.0. The van der Waals surface area contributed by atoms with Crippen LogP contribution in [0.4, 0.5) is 5.69 Å². The predicted octanol–water partition coefficient (Wildman–Crippen LogP) is 3.01. The summed E-state index contributed by atoms with van der Waals surface area (Å²) >= 11 is 1.25. The van der Waals surface area contributed by atoms with Crippen LogP contribution in [0.5, 0.6) is 5.75 Å². The monoisotopic (exact) mass is 412 g/mol. The van der Waals surface area contributed by atoms with E-state index in [1.54, 1.807) is 34.9 Å². The van der Waals surface area contributed by atoms with Crippen molar-refractivity contribution in [3.8, 4) is 17.1 Å². The molecule has 8 nitrogen and oxygen atoms in total. The Balaban J connectivity index is 1.71. The van der Waals surface area contributed by atoms with E-state index in [1.807, 2.05) is 25.2 Å². The van der Waals surface area contributed by atoms with E-state index in [-0.39, 0.29) is 17.6 Å². The van der Waals surface area contributed by atoms with Gasteiger partial charge in [-0.3, -0.25) is 9.59 Å². The molecule has 1 N–H and O–H groups in total. The zero-order valence-electron chi connectivity index (χ0n) is 16.2. The summed E-state index contributed by atoms with van der Waals surface area (Å²) in [7, 11) is 4.70. The number of amides is 1. The molecule has 3 aromatic rings. The van der Waals surface area contributed by atoms with Gasteiger partial charge >= 0.3 is 5.97 Å². The van der Waals surface area contributed by atoms with Gasteiger partial charge in [-0.25, -0.2) is 0 Å². The van der Waals surface area contributed by atoms with Crippen molar-refractivity contribution < 1.29 is 19.1 Å². The van der Waals surface area contributed by atoms with Crippen LogP contribution in [0.3, 0.4) is 0 Å². The Labute approximate surface area is 172 Å². The molecule has 1 amide bonds. The van der Waals surface area contributed by atoms with E-state index in [4.69, 9.17) is 4.74 Å². The molecule has 0 aliphatic heterocycles. The molecule has 1 aromatic heterocycles. The topological polar surface area (TPSA) is 95.3 Å². The number of nitrogens with one attached hydrogen (secondary N) is 1. The summed E-state index contributed by atoms with van der Waals surface area (Å²) in [5.74, 6) is 0.749. The third-order valence-corrected chi connectivity index (χ3v) is 5.13. The molecule has 0 bridgehead atoms. The zero-order valence-corrected chi connectivity index (χ0v) is 17.0. The van der Waals surface area contributed by atoms with Crippen LogP contribution in [-0.4, -0.2) is 46.6 Å². The highest BCUT2D eigenvalue weighted by Gasteiger charge is 2.14. The van der Waals surface area contributed by atoms with Crippen molar-refractivity contribution in [1.82, 2.24) is 14.8 Å². The fourth-order valence-electron chi connectivity index (χ4n) is 2.61. The summed E-state index contributed by atoms with van der Waals surface area (Å²) in [6.07, 6.45) is 0. The fraction of sp³-hybridized carbons (Fsp3) is 0.200. The number of para-hydroxylation sites is 1. The van der Waals surface area contributed by atoms with Crippen LogP contribution >= 0.6 is 11.8 Å². The lowest BCUT2D eigenvalue weighted by atomic mass is 10.1. The van der Waals surface area contributed by atoms with E-state index in [1.165, 1.54) is 26.0 Å². The average molecular weight is 412 g/mol. The minimum atomic E-state index is -0.324. The highest BCUT2D eigenvalue weighted by Crippen LogP contribution is 2.25. The summed E-state index contributed by atoms with van der Waals surface area (Å²) < 4.78 is 11.7. The van der Waals surface area contributed by atoms with Gasteiger partial charge in [0.25, 0.3) is 5.91 Å². The molecule has 0 spiro atoms. The second-order valence-electron chi connectivity index (χ2n) is 5.96. The molecule has 3 rings (SSSR count). The smallest absolute Gasteiger partial charge is 0.316 e. The number of rotatable bonds is 7. The molecule has 0 radical (unpaired) electrons.